The molecule has 0 aliphatic carbocycles. The van der Waals surface area contributed by atoms with Crippen LogP contribution in [0.3, 0.4) is 0 Å². The van der Waals surface area contributed by atoms with E-state index in [1.807, 2.05) is 51.1 Å². The zero-order chi connectivity index (χ0) is 29.5. The van der Waals surface area contributed by atoms with Gasteiger partial charge in [0, 0.05) is 12.6 Å². The smallest absolute Gasteiger partial charge is 0.345 e. The fourth-order valence-electron chi connectivity index (χ4n) is 4.47. The van der Waals surface area contributed by atoms with E-state index in [2.05, 4.69) is 49.4 Å². The number of esters is 1. The van der Waals surface area contributed by atoms with Crippen LogP contribution in [0.25, 0.3) is 0 Å². The Kier molecular flexibility index (Phi) is 8.17. The van der Waals surface area contributed by atoms with Crippen molar-refractivity contribution in [3.8, 4) is 0 Å². The van der Waals surface area contributed by atoms with E-state index in [-0.39, 0.29) is 24.2 Å². The van der Waals surface area contributed by atoms with Crippen molar-refractivity contribution in [2.75, 3.05) is 13.6 Å². The summed E-state index contributed by atoms with van der Waals surface area (Å²) in [4.78, 5) is 38.9. The number of urea groups is 1. The largest absolute Gasteiger partial charge is 0.459 e. The van der Waals surface area contributed by atoms with Crippen LogP contribution in [0.2, 0.25) is 18.1 Å². The maximum atomic E-state index is 13.8. The van der Waals surface area contributed by atoms with Crippen LogP contribution in [0.4, 0.5) is 4.79 Å². The standard InChI is InChI=1S/C28H42N6O5Si/c1-27(2,3)38-22(35)17-33-23-20(15-30-33)21-16-32(26(36)34(21)37-18-19-13-11-10-12-14-19)24(23)25(29-7)31-39-40(8,9)28(4,5)6/h10-15,21,24H,16-18H2,1-9H3,(H,29,31)/t21-,24-/m0/s1. The quantitative estimate of drug-likeness (QED) is 0.160. The van der Waals surface area contributed by atoms with E-state index in [9.17, 15) is 9.59 Å². The fourth-order valence-corrected chi connectivity index (χ4v) is 5.14. The SMILES string of the molecule is CN=C(NO[Si](C)(C)C(C)(C)C)[C@@H]1c2c(cnn2CC(=O)OC(C)(C)C)[C@@H]2CN1C(=O)N2OCc1ccccc1. The summed E-state index contributed by atoms with van der Waals surface area (Å²) in [5.41, 5.74) is 4.89. The highest BCUT2D eigenvalue weighted by Crippen LogP contribution is 2.45. The molecule has 4 rings (SSSR count). The molecule has 0 saturated carbocycles. The molecule has 1 N–H and O–H groups in total. The molecular formula is C28H42N6O5Si. The van der Waals surface area contributed by atoms with Gasteiger partial charge in [0.2, 0.25) is 8.32 Å². The van der Waals surface area contributed by atoms with Crippen LogP contribution in [-0.4, -0.2) is 65.1 Å². The zero-order valence-electron chi connectivity index (χ0n) is 25.0. The first-order chi connectivity index (χ1) is 18.6. The molecule has 1 fully saturated rings. The number of rotatable bonds is 8. The van der Waals surface area contributed by atoms with Crippen molar-refractivity contribution in [3.05, 3.63) is 53.3 Å². The Bertz CT molecular complexity index is 1260. The lowest BCUT2D eigenvalue weighted by Gasteiger charge is -2.38. The summed E-state index contributed by atoms with van der Waals surface area (Å²) in [6.07, 6.45) is 1.70. The molecule has 1 saturated heterocycles. The van der Waals surface area contributed by atoms with Gasteiger partial charge in [0.15, 0.2) is 0 Å². The third-order valence-electron chi connectivity index (χ3n) is 7.56. The number of ether oxygens (including phenoxy) is 1. The third kappa shape index (κ3) is 6.08. The molecule has 2 amide bonds. The minimum absolute atomic E-state index is 0.0499. The molecule has 0 radical (unpaired) electrons. The summed E-state index contributed by atoms with van der Waals surface area (Å²) < 4.78 is 13.5. The predicted octanol–water partition coefficient (Wildman–Crippen LogP) is 4.74. The molecule has 2 atom stereocenters. The number of aliphatic imine (C=N–C) groups is 1. The molecule has 11 nitrogen and oxygen atoms in total. The average Bonchev–Trinajstić information content (AvgIpc) is 3.38. The summed E-state index contributed by atoms with van der Waals surface area (Å²) in [6, 6.07) is 8.34. The second-order valence-corrected chi connectivity index (χ2v) is 17.5. The van der Waals surface area contributed by atoms with Crippen molar-refractivity contribution in [2.45, 2.75) is 90.5 Å². The number of benzene rings is 1. The zero-order valence-corrected chi connectivity index (χ0v) is 26.0. The number of nitrogens with zero attached hydrogens (tertiary/aromatic N) is 5. The molecule has 40 heavy (non-hydrogen) atoms. The molecule has 1 aromatic carbocycles. The number of hydrogen-bond acceptors (Lipinski definition) is 7. The van der Waals surface area contributed by atoms with Crippen LogP contribution in [0.1, 0.15) is 70.4 Å². The third-order valence-corrected chi connectivity index (χ3v) is 11.8. The highest BCUT2D eigenvalue weighted by atomic mass is 28.4. The first kappa shape index (κ1) is 29.8. The molecule has 0 unspecified atom stereocenters. The summed E-state index contributed by atoms with van der Waals surface area (Å²) in [7, 11) is -0.564. The number of carbonyl (C=O) groups excluding carboxylic acids is 2. The summed E-state index contributed by atoms with van der Waals surface area (Å²) in [5, 5.41) is 5.92. The Balaban J connectivity index is 1.69. The highest BCUT2D eigenvalue weighted by Gasteiger charge is 2.52. The van der Waals surface area contributed by atoms with Gasteiger partial charge in [-0.3, -0.25) is 24.8 Å². The molecule has 3 heterocycles. The van der Waals surface area contributed by atoms with Crippen molar-refractivity contribution in [3.63, 3.8) is 0 Å². The van der Waals surface area contributed by atoms with Gasteiger partial charge in [0.25, 0.3) is 0 Å². The summed E-state index contributed by atoms with van der Waals surface area (Å²) in [6.45, 7) is 16.7. The minimum Gasteiger partial charge on any atom is -0.459 e. The van der Waals surface area contributed by atoms with Gasteiger partial charge in [-0.05, 0) is 44.5 Å². The van der Waals surface area contributed by atoms with Crippen molar-refractivity contribution in [2.24, 2.45) is 4.99 Å². The maximum absolute atomic E-state index is 13.8. The van der Waals surface area contributed by atoms with Crippen molar-refractivity contribution < 1.29 is 23.7 Å². The van der Waals surface area contributed by atoms with E-state index >= 15 is 0 Å². The number of amidine groups is 1. The van der Waals surface area contributed by atoms with E-state index in [1.165, 1.54) is 5.06 Å². The molecule has 2 aromatic rings. The minimum atomic E-state index is -2.22. The van der Waals surface area contributed by atoms with E-state index in [1.54, 1.807) is 22.8 Å². The number of hydroxylamine groups is 3. The average molecular weight is 571 g/mol. The Labute approximate surface area is 237 Å². The van der Waals surface area contributed by atoms with Gasteiger partial charge in [-0.15, -0.1) is 0 Å². The van der Waals surface area contributed by atoms with Crippen molar-refractivity contribution in [1.29, 1.82) is 0 Å². The van der Waals surface area contributed by atoms with Crippen LogP contribution in [-0.2, 0) is 32.0 Å². The van der Waals surface area contributed by atoms with E-state index in [0.717, 1.165) is 11.1 Å². The first-order valence-electron chi connectivity index (χ1n) is 13.6. The number of hydrogen-bond donors (Lipinski definition) is 1. The van der Waals surface area contributed by atoms with Crippen molar-refractivity contribution >= 4 is 26.2 Å². The normalized spacial score (nSPS) is 19.6. The van der Waals surface area contributed by atoms with E-state index in [4.69, 9.17) is 14.1 Å². The number of fused-ring (bicyclic) bond motifs is 4. The van der Waals surface area contributed by atoms with Crippen molar-refractivity contribution in [1.82, 2.24) is 25.2 Å². The van der Waals surface area contributed by atoms with E-state index < -0.39 is 32.0 Å². The lowest BCUT2D eigenvalue weighted by atomic mass is 9.97. The molecule has 0 spiro atoms. The number of aromatic nitrogens is 2. The number of amides is 2. The van der Waals surface area contributed by atoms with Gasteiger partial charge < -0.3 is 14.2 Å². The molecule has 2 bridgehead atoms. The number of nitrogens with one attached hydrogen (secondary N) is 1. The Morgan fingerprint density at radius 2 is 1.82 bits per heavy atom. The first-order valence-corrected chi connectivity index (χ1v) is 16.5. The number of carbonyl (C=O) groups is 2. The maximum Gasteiger partial charge on any atom is 0.345 e. The Hall–Kier alpha value is -3.22. The van der Waals surface area contributed by atoms with Crippen LogP contribution in [0, 0.1) is 0 Å². The van der Waals surface area contributed by atoms with Gasteiger partial charge in [0.1, 0.15) is 36.7 Å². The fraction of sp³-hybridized carbons (Fsp3) is 0.571. The van der Waals surface area contributed by atoms with Gasteiger partial charge in [-0.1, -0.05) is 51.1 Å². The molecule has 2 aliphatic rings. The van der Waals surface area contributed by atoms with Crippen LogP contribution >= 0.6 is 0 Å². The Morgan fingerprint density at radius 1 is 1.15 bits per heavy atom. The highest BCUT2D eigenvalue weighted by molar-refractivity contribution is 6.74. The molecule has 1 aromatic heterocycles. The second-order valence-electron chi connectivity index (χ2n) is 12.7. The second kappa shape index (κ2) is 11.0. The van der Waals surface area contributed by atoms with Crippen LogP contribution < -0.4 is 5.48 Å². The van der Waals surface area contributed by atoms with E-state index in [0.29, 0.717) is 18.1 Å². The van der Waals surface area contributed by atoms with Gasteiger partial charge in [0.05, 0.1) is 18.4 Å². The van der Waals surface area contributed by atoms with Gasteiger partial charge in [-0.25, -0.2) is 4.79 Å². The van der Waals surface area contributed by atoms with Gasteiger partial charge >= 0.3 is 12.0 Å². The molecule has 12 heteroatoms. The Morgan fingerprint density at radius 3 is 2.42 bits per heavy atom. The monoisotopic (exact) mass is 570 g/mol. The molecular weight excluding hydrogens is 528 g/mol. The summed E-state index contributed by atoms with van der Waals surface area (Å²) in [5.74, 6) is 0.0303. The lowest BCUT2D eigenvalue weighted by Crippen LogP contribution is -2.50. The van der Waals surface area contributed by atoms with Crippen LogP contribution in [0.5, 0.6) is 0 Å². The predicted molar refractivity (Wildman–Crippen MR) is 154 cm³/mol. The topological polar surface area (TPSA) is 111 Å². The lowest BCUT2D eigenvalue weighted by molar-refractivity contribution is -0.155. The van der Waals surface area contributed by atoms with Crippen LogP contribution in [0.15, 0.2) is 41.5 Å². The van der Waals surface area contributed by atoms with Gasteiger partial charge in [-0.2, -0.15) is 10.2 Å². The molecule has 218 valence electrons. The molecule has 2 aliphatic heterocycles. The summed E-state index contributed by atoms with van der Waals surface area (Å²) >= 11 is 0.